The van der Waals surface area contributed by atoms with Gasteiger partial charge in [0.05, 0.1) is 0 Å². The van der Waals surface area contributed by atoms with Crippen LogP contribution in [0.4, 0.5) is 17.2 Å². The monoisotopic (exact) mass is 713 g/mol. The molecule has 5 heteroatoms. The first-order chi connectivity index (χ1) is 19.4. The Morgan fingerprint density at radius 3 is 2.39 bits per heavy atom. The van der Waals surface area contributed by atoms with Crippen molar-refractivity contribution in [2.75, 3.05) is 4.90 Å². The summed E-state index contributed by atoms with van der Waals surface area (Å²) in [7, 11) is 0. The molecule has 0 amide bonds. The number of phenolic OH excluding ortho intramolecular Hbond substituents is 1. The molecule has 0 aliphatic carbocycles. The summed E-state index contributed by atoms with van der Waals surface area (Å²) in [6, 6.07) is 38.6. The first kappa shape index (κ1) is 26.9. The molecule has 0 saturated heterocycles. The molecular formula is C36H28N3OPt-. The Morgan fingerprint density at radius 1 is 0.805 bits per heavy atom. The van der Waals surface area contributed by atoms with Crippen LogP contribution in [0.1, 0.15) is 30.5 Å². The third kappa shape index (κ3) is 4.44. The van der Waals surface area contributed by atoms with E-state index in [0.717, 1.165) is 50.5 Å². The van der Waals surface area contributed by atoms with E-state index in [1.165, 1.54) is 11.1 Å². The van der Waals surface area contributed by atoms with Gasteiger partial charge in [0, 0.05) is 38.3 Å². The average molecular weight is 714 g/mol. The zero-order valence-corrected chi connectivity index (χ0v) is 25.3. The van der Waals surface area contributed by atoms with Gasteiger partial charge in [-0.2, -0.15) is 0 Å². The molecule has 0 spiro atoms. The van der Waals surface area contributed by atoms with Gasteiger partial charge in [-0.3, -0.25) is 4.98 Å². The molecule has 41 heavy (non-hydrogen) atoms. The van der Waals surface area contributed by atoms with E-state index in [0.29, 0.717) is 5.52 Å². The van der Waals surface area contributed by atoms with E-state index in [9.17, 15) is 5.11 Å². The summed E-state index contributed by atoms with van der Waals surface area (Å²) in [6.07, 6.45) is 1.86. The third-order valence-corrected chi connectivity index (χ3v) is 7.97. The van der Waals surface area contributed by atoms with Gasteiger partial charge >= 0.3 is 0 Å². The molecule has 0 unspecified atom stereocenters. The van der Waals surface area contributed by atoms with E-state index in [-0.39, 0.29) is 32.2 Å². The van der Waals surface area contributed by atoms with Crippen LogP contribution in [0.15, 0.2) is 109 Å². The Kier molecular flexibility index (Phi) is 6.75. The van der Waals surface area contributed by atoms with Crippen molar-refractivity contribution in [2.45, 2.75) is 26.2 Å². The van der Waals surface area contributed by atoms with Crippen LogP contribution in [0.25, 0.3) is 33.3 Å². The Balaban J connectivity index is 0.00000302. The summed E-state index contributed by atoms with van der Waals surface area (Å²) >= 11 is 0. The fraction of sp³-hybridized carbons (Fsp3) is 0.111. The average Bonchev–Trinajstić information content (AvgIpc) is 2.98. The minimum absolute atomic E-state index is 0. The fourth-order valence-electron chi connectivity index (χ4n) is 5.88. The van der Waals surface area contributed by atoms with Crippen LogP contribution in [0, 0.1) is 13.0 Å². The normalized spacial score (nSPS) is 13.3. The maximum atomic E-state index is 10.8. The minimum Gasteiger partial charge on any atom is -0.506 e. The van der Waals surface area contributed by atoms with Crippen LogP contribution in [0.3, 0.4) is 0 Å². The van der Waals surface area contributed by atoms with E-state index in [4.69, 9.17) is 9.97 Å². The molecule has 1 N–H and O–H groups in total. The number of hydrogen-bond donors (Lipinski definition) is 1. The van der Waals surface area contributed by atoms with Gasteiger partial charge in [0.25, 0.3) is 0 Å². The van der Waals surface area contributed by atoms with Crippen molar-refractivity contribution in [2.24, 2.45) is 0 Å². The summed E-state index contributed by atoms with van der Waals surface area (Å²) in [4.78, 5) is 11.9. The van der Waals surface area contributed by atoms with Crippen molar-refractivity contribution in [1.82, 2.24) is 9.97 Å². The van der Waals surface area contributed by atoms with E-state index in [1.54, 1.807) is 6.07 Å². The second kappa shape index (κ2) is 10.3. The van der Waals surface area contributed by atoms with Crippen molar-refractivity contribution >= 4 is 28.1 Å². The minimum atomic E-state index is -0.221. The fourth-order valence-corrected chi connectivity index (χ4v) is 5.88. The standard InChI is InChI=1S/C36H28N3O.Pt/c1-23-19-20-37-34(21-23)39-31-12-8-7-11-28(31)36(2,3)29-16-13-25(22-32(29)39)30-17-14-27-26(24-9-5-4-6-10-24)15-18-33(40)35(27)38-30;/h4-21,40H,1-3H3;/q-1;. The van der Waals surface area contributed by atoms with Crippen LogP contribution < -0.4 is 4.90 Å². The topological polar surface area (TPSA) is 49.2 Å². The predicted molar refractivity (Wildman–Crippen MR) is 162 cm³/mol. The Labute approximate surface area is 254 Å². The van der Waals surface area contributed by atoms with Crippen molar-refractivity contribution in [3.8, 4) is 28.1 Å². The molecule has 0 bridgehead atoms. The Bertz CT molecular complexity index is 1920. The zero-order chi connectivity index (χ0) is 27.4. The summed E-state index contributed by atoms with van der Waals surface area (Å²) in [6.45, 7) is 6.61. The number of rotatable bonds is 3. The number of nitrogens with zero attached hydrogens (tertiary/aromatic N) is 3. The number of aromatic nitrogens is 2. The second-order valence-corrected chi connectivity index (χ2v) is 10.9. The number of pyridine rings is 2. The third-order valence-electron chi connectivity index (χ3n) is 7.97. The number of para-hydroxylation sites is 1. The van der Waals surface area contributed by atoms with E-state index >= 15 is 0 Å². The predicted octanol–water partition coefficient (Wildman–Crippen LogP) is 8.88. The molecule has 1 aliphatic rings. The molecule has 0 atom stereocenters. The molecule has 204 valence electrons. The van der Waals surface area contributed by atoms with Gasteiger partial charge in [0.2, 0.25) is 0 Å². The Morgan fingerprint density at radius 2 is 1.59 bits per heavy atom. The summed E-state index contributed by atoms with van der Waals surface area (Å²) < 4.78 is 0. The van der Waals surface area contributed by atoms with Crippen LogP contribution in [0.2, 0.25) is 0 Å². The molecule has 6 aromatic rings. The number of anilines is 3. The molecule has 7 rings (SSSR count). The van der Waals surface area contributed by atoms with Crippen molar-refractivity contribution < 1.29 is 26.2 Å². The molecule has 3 heterocycles. The number of aryl methyl sites for hydroxylation is 1. The molecule has 0 radical (unpaired) electrons. The van der Waals surface area contributed by atoms with Gasteiger partial charge in [-0.15, -0.1) is 23.8 Å². The van der Waals surface area contributed by atoms with Gasteiger partial charge in [-0.05, 0) is 76.3 Å². The quantitative estimate of drug-likeness (QED) is 0.186. The van der Waals surface area contributed by atoms with Gasteiger partial charge in [0.15, 0.2) is 0 Å². The maximum Gasteiger partial charge on any atom is 0.140 e. The molecule has 4 aromatic carbocycles. The van der Waals surface area contributed by atoms with Crippen LogP contribution in [-0.4, -0.2) is 15.1 Å². The number of phenols is 1. The molecule has 0 fully saturated rings. The second-order valence-electron chi connectivity index (χ2n) is 10.9. The van der Waals surface area contributed by atoms with Crippen LogP contribution in [-0.2, 0) is 26.5 Å². The Hall–Kier alpha value is -4.27. The first-order valence-corrected chi connectivity index (χ1v) is 13.5. The number of benzene rings is 4. The van der Waals surface area contributed by atoms with Crippen molar-refractivity contribution in [3.05, 3.63) is 132 Å². The summed E-state index contributed by atoms with van der Waals surface area (Å²) in [5.41, 5.74) is 9.72. The van der Waals surface area contributed by atoms with Crippen LogP contribution >= 0.6 is 0 Å². The van der Waals surface area contributed by atoms with E-state index in [1.807, 2.05) is 48.7 Å². The largest absolute Gasteiger partial charge is 0.506 e. The summed E-state index contributed by atoms with van der Waals surface area (Å²) in [5, 5.41) is 11.7. The van der Waals surface area contributed by atoms with Crippen molar-refractivity contribution in [3.63, 3.8) is 0 Å². The van der Waals surface area contributed by atoms with Crippen molar-refractivity contribution in [1.29, 1.82) is 0 Å². The molecular weight excluding hydrogens is 685 g/mol. The zero-order valence-electron chi connectivity index (χ0n) is 23.0. The van der Waals surface area contributed by atoms with Gasteiger partial charge in [-0.1, -0.05) is 80.1 Å². The first-order valence-electron chi connectivity index (χ1n) is 13.5. The van der Waals surface area contributed by atoms with E-state index in [2.05, 4.69) is 86.3 Å². The van der Waals surface area contributed by atoms with Gasteiger partial charge in [-0.25, -0.2) is 4.98 Å². The SMILES string of the molecule is Cc1ccnc(N2c3[c-]c(-c4ccc5c(-c6ccccc6)ccc(O)c5n4)ccc3C(C)(C)c3ccccc32)c1.[Pt]. The molecule has 1 aliphatic heterocycles. The maximum absolute atomic E-state index is 10.8. The molecule has 0 saturated carbocycles. The number of aromatic hydroxyl groups is 1. The molecule has 2 aromatic heterocycles. The molecule has 4 nitrogen and oxygen atoms in total. The van der Waals surface area contributed by atoms with Gasteiger partial charge < -0.3 is 10.0 Å². The summed E-state index contributed by atoms with van der Waals surface area (Å²) in [5.74, 6) is 1.02. The van der Waals surface area contributed by atoms with Gasteiger partial charge in [0.1, 0.15) is 17.1 Å². The number of fused-ring (bicyclic) bond motifs is 3. The van der Waals surface area contributed by atoms with Crippen LogP contribution in [0.5, 0.6) is 5.75 Å². The van der Waals surface area contributed by atoms with E-state index < -0.39 is 0 Å². The number of hydrogen-bond acceptors (Lipinski definition) is 4. The smallest absolute Gasteiger partial charge is 0.140 e.